The minimum Gasteiger partial charge on any atom is -0.373 e. The zero-order chi connectivity index (χ0) is 14.4. The highest BCUT2D eigenvalue weighted by Gasteiger charge is 2.26. The maximum atomic E-state index is 6.05. The largest absolute Gasteiger partial charge is 0.373 e. The maximum absolute atomic E-state index is 6.05. The van der Waals surface area contributed by atoms with Crippen molar-refractivity contribution < 1.29 is 4.74 Å². The van der Waals surface area contributed by atoms with Gasteiger partial charge in [0.1, 0.15) is 0 Å². The summed E-state index contributed by atoms with van der Waals surface area (Å²) in [7, 11) is 0. The highest BCUT2D eigenvalue weighted by atomic mass is 16.5. The van der Waals surface area contributed by atoms with Crippen molar-refractivity contribution in [2.45, 2.75) is 46.1 Å². The molecule has 0 radical (unpaired) electrons. The van der Waals surface area contributed by atoms with Crippen LogP contribution in [0.25, 0.3) is 0 Å². The van der Waals surface area contributed by atoms with E-state index in [1.54, 1.807) is 0 Å². The van der Waals surface area contributed by atoms with Crippen molar-refractivity contribution in [3.63, 3.8) is 0 Å². The summed E-state index contributed by atoms with van der Waals surface area (Å²) in [6.45, 7) is 9.71. The molecule has 0 amide bonds. The molecule has 20 heavy (non-hydrogen) atoms. The monoisotopic (exact) mass is 275 g/mol. The minimum atomic E-state index is 0.274. The molecule has 1 heterocycles. The Morgan fingerprint density at radius 3 is 2.65 bits per heavy atom. The molecule has 1 aromatic rings. The first kappa shape index (κ1) is 15.5. The quantitative estimate of drug-likeness (QED) is 0.848. The van der Waals surface area contributed by atoms with Gasteiger partial charge in [-0.1, -0.05) is 45.0 Å². The fourth-order valence-corrected chi connectivity index (χ4v) is 3.07. The van der Waals surface area contributed by atoms with Crippen LogP contribution in [0, 0.1) is 11.8 Å². The molecule has 0 bridgehead atoms. The highest BCUT2D eigenvalue weighted by molar-refractivity contribution is 5.25. The minimum absolute atomic E-state index is 0.274. The van der Waals surface area contributed by atoms with Crippen molar-refractivity contribution in [2.24, 2.45) is 11.8 Å². The summed E-state index contributed by atoms with van der Waals surface area (Å²) < 4.78 is 6.05. The standard InChI is InChI=1S/C18H29NO/c1-4-19-13-17-6-5-11-20-18(17)16-9-7-15(8-10-16)12-14(2)3/h7-10,14,17-19H,4-6,11-13H2,1-3H3. The van der Waals surface area contributed by atoms with Crippen LogP contribution in [0.2, 0.25) is 0 Å². The highest BCUT2D eigenvalue weighted by Crippen LogP contribution is 2.33. The van der Waals surface area contributed by atoms with Gasteiger partial charge in [0.05, 0.1) is 6.10 Å². The van der Waals surface area contributed by atoms with Crippen LogP contribution in [0.1, 0.15) is 50.8 Å². The lowest BCUT2D eigenvalue weighted by molar-refractivity contribution is -0.0276. The average Bonchev–Trinajstić information content (AvgIpc) is 2.46. The third-order valence-electron chi connectivity index (χ3n) is 4.05. The van der Waals surface area contributed by atoms with E-state index < -0.39 is 0 Å². The molecule has 1 fully saturated rings. The molecule has 1 aliphatic heterocycles. The van der Waals surface area contributed by atoms with Crippen molar-refractivity contribution >= 4 is 0 Å². The molecule has 2 atom stereocenters. The molecule has 0 saturated carbocycles. The third-order valence-corrected chi connectivity index (χ3v) is 4.05. The van der Waals surface area contributed by atoms with Crippen LogP contribution in [0.15, 0.2) is 24.3 Å². The van der Waals surface area contributed by atoms with Gasteiger partial charge in [0.15, 0.2) is 0 Å². The third kappa shape index (κ3) is 4.32. The second kappa shape index (κ2) is 7.80. The van der Waals surface area contributed by atoms with Gasteiger partial charge in [-0.15, -0.1) is 0 Å². The SMILES string of the molecule is CCNCC1CCCOC1c1ccc(CC(C)C)cc1. The van der Waals surface area contributed by atoms with Gasteiger partial charge in [0.2, 0.25) is 0 Å². The molecule has 0 aromatic heterocycles. The number of rotatable bonds is 6. The van der Waals surface area contributed by atoms with E-state index in [1.807, 2.05) is 0 Å². The Kier molecular flexibility index (Phi) is 6.06. The fraction of sp³-hybridized carbons (Fsp3) is 0.667. The van der Waals surface area contributed by atoms with Crippen LogP contribution in [0.3, 0.4) is 0 Å². The van der Waals surface area contributed by atoms with Gasteiger partial charge in [-0.2, -0.15) is 0 Å². The van der Waals surface area contributed by atoms with Crippen molar-refractivity contribution in [2.75, 3.05) is 19.7 Å². The number of benzene rings is 1. The molecule has 1 aromatic carbocycles. The van der Waals surface area contributed by atoms with Gasteiger partial charge >= 0.3 is 0 Å². The Morgan fingerprint density at radius 1 is 1.25 bits per heavy atom. The van der Waals surface area contributed by atoms with Gasteiger partial charge in [0.25, 0.3) is 0 Å². The van der Waals surface area contributed by atoms with Gasteiger partial charge < -0.3 is 10.1 Å². The second-order valence-corrected chi connectivity index (χ2v) is 6.34. The molecule has 2 unspecified atom stereocenters. The van der Waals surface area contributed by atoms with E-state index in [4.69, 9.17) is 4.74 Å². The summed E-state index contributed by atoms with van der Waals surface area (Å²) in [4.78, 5) is 0. The predicted octanol–water partition coefficient (Wildman–Crippen LogP) is 3.96. The Hall–Kier alpha value is -0.860. The Morgan fingerprint density at radius 2 is 2.00 bits per heavy atom. The van der Waals surface area contributed by atoms with Gasteiger partial charge in [-0.25, -0.2) is 0 Å². The van der Waals surface area contributed by atoms with Crippen LogP contribution >= 0.6 is 0 Å². The van der Waals surface area contributed by atoms with Crippen LogP contribution in [0.5, 0.6) is 0 Å². The van der Waals surface area contributed by atoms with Crippen molar-refractivity contribution in [3.05, 3.63) is 35.4 Å². The van der Waals surface area contributed by atoms with Crippen molar-refractivity contribution in [3.8, 4) is 0 Å². The molecular weight excluding hydrogens is 246 g/mol. The number of nitrogens with one attached hydrogen (secondary N) is 1. The first-order chi connectivity index (χ1) is 9.70. The molecule has 2 nitrogen and oxygen atoms in total. The van der Waals surface area contributed by atoms with E-state index in [0.717, 1.165) is 26.1 Å². The Bertz CT molecular complexity index is 385. The summed E-state index contributed by atoms with van der Waals surface area (Å²) >= 11 is 0. The molecule has 112 valence electrons. The smallest absolute Gasteiger partial charge is 0.0865 e. The summed E-state index contributed by atoms with van der Waals surface area (Å²) in [5.74, 6) is 1.33. The number of hydrogen-bond donors (Lipinski definition) is 1. The molecular formula is C18H29NO. The normalized spacial score (nSPS) is 23.2. The van der Waals surface area contributed by atoms with Crippen molar-refractivity contribution in [1.29, 1.82) is 0 Å². The van der Waals surface area contributed by atoms with Crippen LogP contribution in [-0.4, -0.2) is 19.7 Å². The van der Waals surface area contributed by atoms with E-state index in [2.05, 4.69) is 50.4 Å². The lowest BCUT2D eigenvalue weighted by Gasteiger charge is -2.32. The Balaban J connectivity index is 2.03. The maximum Gasteiger partial charge on any atom is 0.0865 e. The first-order valence-electron chi connectivity index (χ1n) is 8.11. The molecule has 1 N–H and O–H groups in total. The summed E-state index contributed by atoms with van der Waals surface area (Å²) in [6, 6.07) is 9.09. The lowest BCUT2D eigenvalue weighted by Crippen LogP contribution is -2.31. The van der Waals surface area contributed by atoms with Crippen molar-refractivity contribution in [1.82, 2.24) is 5.32 Å². The first-order valence-corrected chi connectivity index (χ1v) is 8.11. The fourth-order valence-electron chi connectivity index (χ4n) is 3.07. The molecule has 2 rings (SSSR count). The second-order valence-electron chi connectivity index (χ2n) is 6.34. The molecule has 0 aliphatic carbocycles. The predicted molar refractivity (Wildman–Crippen MR) is 84.9 cm³/mol. The van der Waals surface area contributed by atoms with Crippen LogP contribution < -0.4 is 5.32 Å². The summed E-state index contributed by atoms with van der Waals surface area (Å²) in [5.41, 5.74) is 2.78. The molecule has 1 aliphatic rings. The van der Waals surface area contributed by atoms with Crippen LogP contribution in [-0.2, 0) is 11.2 Å². The average molecular weight is 275 g/mol. The van der Waals surface area contributed by atoms with E-state index in [1.165, 1.54) is 24.0 Å². The summed E-state index contributed by atoms with van der Waals surface area (Å²) in [6.07, 6.45) is 3.90. The molecule has 0 spiro atoms. The summed E-state index contributed by atoms with van der Waals surface area (Å²) in [5, 5.41) is 3.48. The molecule has 2 heteroatoms. The van der Waals surface area contributed by atoms with E-state index in [9.17, 15) is 0 Å². The van der Waals surface area contributed by atoms with E-state index >= 15 is 0 Å². The topological polar surface area (TPSA) is 21.3 Å². The lowest BCUT2D eigenvalue weighted by atomic mass is 9.88. The molecule has 1 saturated heterocycles. The Labute approximate surface area is 123 Å². The number of hydrogen-bond acceptors (Lipinski definition) is 2. The zero-order valence-electron chi connectivity index (χ0n) is 13.2. The van der Waals surface area contributed by atoms with Gasteiger partial charge in [-0.3, -0.25) is 0 Å². The number of ether oxygens (including phenoxy) is 1. The van der Waals surface area contributed by atoms with Gasteiger partial charge in [0, 0.05) is 19.1 Å². The van der Waals surface area contributed by atoms with E-state index in [0.29, 0.717) is 11.8 Å². The van der Waals surface area contributed by atoms with Gasteiger partial charge in [-0.05, 0) is 42.9 Å². The van der Waals surface area contributed by atoms with E-state index in [-0.39, 0.29) is 6.10 Å². The van der Waals surface area contributed by atoms with Crippen LogP contribution in [0.4, 0.5) is 0 Å². The zero-order valence-corrected chi connectivity index (χ0v) is 13.2.